The van der Waals surface area contributed by atoms with Crippen molar-refractivity contribution in [1.29, 1.82) is 0 Å². The van der Waals surface area contributed by atoms with Gasteiger partial charge in [-0.2, -0.15) is 0 Å². The molecule has 0 aliphatic carbocycles. The van der Waals surface area contributed by atoms with Crippen molar-refractivity contribution in [2.45, 2.75) is 19.4 Å². The van der Waals surface area contributed by atoms with Crippen LogP contribution in [0.5, 0.6) is 0 Å². The van der Waals surface area contributed by atoms with Crippen molar-refractivity contribution >= 4 is 23.1 Å². The van der Waals surface area contributed by atoms with Gasteiger partial charge in [-0.25, -0.2) is 0 Å². The molecular formula is C14H18N2O2S. The van der Waals surface area contributed by atoms with Gasteiger partial charge < -0.3 is 15.8 Å². The fourth-order valence-electron chi connectivity index (χ4n) is 2.08. The average molecular weight is 278 g/mol. The van der Waals surface area contributed by atoms with Crippen LogP contribution in [0.15, 0.2) is 24.3 Å². The van der Waals surface area contributed by atoms with E-state index in [9.17, 15) is 4.79 Å². The van der Waals surface area contributed by atoms with Gasteiger partial charge in [-0.3, -0.25) is 4.79 Å². The van der Waals surface area contributed by atoms with Gasteiger partial charge in [-0.15, -0.1) is 0 Å². The second kappa shape index (κ2) is 6.63. The highest BCUT2D eigenvalue weighted by molar-refractivity contribution is 7.80. The van der Waals surface area contributed by atoms with E-state index in [4.69, 9.17) is 22.7 Å². The molecule has 102 valence electrons. The minimum atomic E-state index is 0.0876. The quantitative estimate of drug-likeness (QED) is 0.816. The first-order chi connectivity index (χ1) is 9.16. The number of nitrogens with two attached hydrogens (primary N) is 1. The minimum Gasteiger partial charge on any atom is -0.389 e. The largest absolute Gasteiger partial charge is 0.389 e. The summed E-state index contributed by atoms with van der Waals surface area (Å²) in [7, 11) is 0. The maximum atomic E-state index is 11.9. The molecule has 1 aliphatic rings. The number of carbonyl (C=O) groups excluding carboxylic acids is 1. The molecule has 1 fully saturated rings. The topological polar surface area (TPSA) is 64.3 Å². The molecule has 0 atom stereocenters. The van der Waals surface area contributed by atoms with Crippen LogP contribution in [0.3, 0.4) is 0 Å². The predicted octanol–water partition coefficient (Wildman–Crippen LogP) is 1.36. The van der Waals surface area contributed by atoms with Crippen molar-refractivity contribution in [3.8, 4) is 0 Å². The van der Waals surface area contributed by atoms with Gasteiger partial charge in [0.2, 0.25) is 5.91 Å². The van der Waals surface area contributed by atoms with Crippen molar-refractivity contribution in [3.05, 3.63) is 35.4 Å². The van der Waals surface area contributed by atoms with E-state index in [0.717, 1.165) is 24.0 Å². The van der Waals surface area contributed by atoms with Crippen LogP contribution >= 0.6 is 12.2 Å². The fourth-order valence-corrected chi connectivity index (χ4v) is 2.22. The van der Waals surface area contributed by atoms with Gasteiger partial charge in [0.15, 0.2) is 0 Å². The van der Waals surface area contributed by atoms with Crippen molar-refractivity contribution in [2.75, 3.05) is 13.2 Å². The highest BCUT2D eigenvalue weighted by atomic mass is 32.1. The Balaban J connectivity index is 1.84. The number of thiocarbonyl (C=S) groups is 1. The summed E-state index contributed by atoms with van der Waals surface area (Å²) in [6, 6.07) is 7.61. The number of amides is 1. The summed E-state index contributed by atoms with van der Waals surface area (Å²) in [5.74, 6) is 0.200. The Labute approximate surface area is 118 Å². The Kier molecular flexibility index (Phi) is 4.87. The van der Waals surface area contributed by atoms with Crippen LogP contribution < -0.4 is 11.1 Å². The van der Waals surface area contributed by atoms with Crippen LogP contribution in [-0.4, -0.2) is 24.1 Å². The summed E-state index contributed by atoms with van der Waals surface area (Å²) in [5, 5.41) is 2.96. The molecule has 1 aliphatic heterocycles. The van der Waals surface area contributed by atoms with Gasteiger partial charge in [0.1, 0.15) is 4.99 Å². The van der Waals surface area contributed by atoms with E-state index in [1.165, 1.54) is 0 Å². The lowest BCUT2D eigenvalue weighted by atomic mass is 9.99. The Morgan fingerprint density at radius 2 is 1.95 bits per heavy atom. The average Bonchev–Trinajstić information content (AvgIpc) is 2.46. The summed E-state index contributed by atoms with van der Waals surface area (Å²) in [4.78, 5) is 12.3. The van der Waals surface area contributed by atoms with Crippen LogP contribution in [0.1, 0.15) is 24.0 Å². The molecular weight excluding hydrogens is 260 g/mol. The van der Waals surface area contributed by atoms with Gasteiger partial charge in [-0.1, -0.05) is 36.5 Å². The zero-order valence-electron chi connectivity index (χ0n) is 10.7. The molecule has 1 amide bonds. The van der Waals surface area contributed by atoms with E-state index in [2.05, 4.69) is 5.32 Å². The molecule has 0 spiro atoms. The molecule has 0 aromatic heterocycles. The number of hydrogen-bond acceptors (Lipinski definition) is 3. The molecule has 4 nitrogen and oxygen atoms in total. The molecule has 0 bridgehead atoms. The maximum Gasteiger partial charge on any atom is 0.223 e. The standard InChI is InChI=1S/C14H18N2O2S/c15-13(19)11-3-1-10(2-4-11)9-16-14(17)12-5-7-18-8-6-12/h1-4,12H,5-9H2,(H2,15,19)(H,16,17). The van der Waals surface area contributed by atoms with Crippen molar-refractivity contribution in [2.24, 2.45) is 11.7 Å². The third-order valence-corrected chi connectivity index (χ3v) is 3.53. The summed E-state index contributed by atoms with van der Waals surface area (Å²) < 4.78 is 5.24. The lowest BCUT2D eigenvalue weighted by molar-refractivity contribution is -0.128. The molecule has 3 N–H and O–H groups in total. The van der Waals surface area contributed by atoms with Crippen LogP contribution in [-0.2, 0) is 16.1 Å². The van der Waals surface area contributed by atoms with E-state index in [1.807, 2.05) is 24.3 Å². The number of hydrogen-bond donors (Lipinski definition) is 2. The molecule has 19 heavy (non-hydrogen) atoms. The number of benzene rings is 1. The summed E-state index contributed by atoms with van der Waals surface area (Å²) >= 11 is 4.89. The van der Waals surface area contributed by atoms with Crippen LogP contribution in [0.4, 0.5) is 0 Å². The van der Waals surface area contributed by atoms with E-state index in [-0.39, 0.29) is 11.8 Å². The fraction of sp³-hybridized carbons (Fsp3) is 0.429. The smallest absolute Gasteiger partial charge is 0.223 e. The number of rotatable bonds is 4. The van der Waals surface area contributed by atoms with E-state index < -0.39 is 0 Å². The predicted molar refractivity (Wildman–Crippen MR) is 77.7 cm³/mol. The van der Waals surface area contributed by atoms with Crippen molar-refractivity contribution in [1.82, 2.24) is 5.32 Å². The normalized spacial score (nSPS) is 16.0. The SMILES string of the molecule is NC(=S)c1ccc(CNC(=O)C2CCOCC2)cc1. The number of nitrogens with one attached hydrogen (secondary N) is 1. The second-order valence-electron chi connectivity index (χ2n) is 4.67. The van der Waals surface area contributed by atoms with Crippen molar-refractivity contribution in [3.63, 3.8) is 0 Å². The first kappa shape index (κ1) is 14.0. The van der Waals surface area contributed by atoms with Gasteiger partial charge >= 0.3 is 0 Å². The molecule has 1 aromatic rings. The number of carbonyl (C=O) groups is 1. The lowest BCUT2D eigenvalue weighted by Gasteiger charge is -2.21. The van der Waals surface area contributed by atoms with Crippen LogP contribution in [0.2, 0.25) is 0 Å². The van der Waals surface area contributed by atoms with Crippen molar-refractivity contribution < 1.29 is 9.53 Å². The minimum absolute atomic E-state index is 0.0876. The maximum absolute atomic E-state index is 11.9. The molecule has 0 unspecified atom stereocenters. The molecule has 5 heteroatoms. The first-order valence-electron chi connectivity index (χ1n) is 6.41. The molecule has 0 radical (unpaired) electrons. The molecule has 0 saturated carbocycles. The number of ether oxygens (including phenoxy) is 1. The van der Waals surface area contributed by atoms with Gasteiger partial charge in [0.25, 0.3) is 0 Å². The molecule has 2 rings (SSSR count). The van der Waals surface area contributed by atoms with E-state index in [1.54, 1.807) is 0 Å². The summed E-state index contributed by atoms with van der Waals surface area (Å²) in [5.41, 5.74) is 7.42. The van der Waals surface area contributed by atoms with Crippen LogP contribution in [0, 0.1) is 5.92 Å². The van der Waals surface area contributed by atoms with Gasteiger partial charge in [0.05, 0.1) is 0 Å². The highest BCUT2D eigenvalue weighted by Gasteiger charge is 2.20. The Morgan fingerprint density at radius 1 is 1.32 bits per heavy atom. The molecule has 1 saturated heterocycles. The third kappa shape index (κ3) is 4.01. The Bertz CT molecular complexity index is 453. The third-order valence-electron chi connectivity index (χ3n) is 3.30. The molecule has 1 aromatic carbocycles. The van der Waals surface area contributed by atoms with E-state index >= 15 is 0 Å². The lowest BCUT2D eigenvalue weighted by Crippen LogP contribution is -2.33. The van der Waals surface area contributed by atoms with Gasteiger partial charge in [0, 0.05) is 31.2 Å². The Hall–Kier alpha value is -1.46. The molecule has 1 heterocycles. The second-order valence-corrected chi connectivity index (χ2v) is 5.11. The highest BCUT2D eigenvalue weighted by Crippen LogP contribution is 2.14. The van der Waals surface area contributed by atoms with E-state index in [0.29, 0.717) is 24.7 Å². The van der Waals surface area contributed by atoms with Gasteiger partial charge in [-0.05, 0) is 18.4 Å². The summed E-state index contributed by atoms with van der Waals surface area (Å²) in [6.45, 7) is 1.90. The summed E-state index contributed by atoms with van der Waals surface area (Å²) in [6.07, 6.45) is 1.62. The van der Waals surface area contributed by atoms with Crippen LogP contribution in [0.25, 0.3) is 0 Å². The Morgan fingerprint density at radius 3 is 2.53 bits per heavy atom. The zero-order chi connectivity index (χ0) is 13.7. The monoisotopic (exact) mass is 278 g/mol. The zero-order valence-corrected chi connectivity index (χ0v) is 11.5. The first-order valence-corrected chi connectivity index (χ1v) is 6.82.